The number of alkyl halides is 3. The fourth-order valence-electron chi connectivity index (χ4n) is 2.26. The number of halogens is 4. The average Bonchev–Trinajstić information content (AvgIpc) is 2.55. The Morgan fingerprint density at radius 2 is 2.00 bits per heavy atom. The van der Waals surface area contributed by atoms with Gasteiger partial charge in [-0.25, -0.2) is 0 Å². The zero-order chi connectivity index (χ0) is 11.9. The zero-order valence-electron chi connectivity index (χ0n) is 9.65. The highest BCUT2D eigenvalue weighted by molar-refractivity contribution is 7.12. The number of rotatable bonds is 1. The van der Waals surface area contributed by atoms with Crippen LogP contribution in [0.2, 0.25) is 0 Å². The van der Waals surface area contributed by atoms with Gasteiger partial charge in [0.25, 0.3) is 0 Å². The predicted molar refractivity (Wildman–Crippen MR) is 66.2 cm³/mol. The smallest absolute Gasteiger partial charge is 0.317 e. The Bertz CT molecular complexity index is 400. The van der Waals surface area contributed by atoms with Crippen LogP contribution < -0.4 is 5.32 Å². The second-order valence-corrected chi connectivity index (χ2v) is 5.29. The van der Waals surface area contributed by atoms with Crippen molar-refractivity contribution in [1.82, 2.24) is 5.32 Å². The van der Waals surface area contributed by atoms with Gasteiger partial charge in [-0.05, 0) is 44.4 Å². The molecule has 0 saturated carbocycles. The molecule has 1 nitrogen and oxygen atoms in total. The van der Waals surface area contributed by atoms with Crippen LogP contribution in [0.3, 0.4) is 0 Å². The van der Waals surface area contributed by atoms with Gasteiger partial charge in [0, 0.05) is 10.9 Å². The predicted octanol–water partition coefficient (Wildman–Crippen LogP) is 3.57. The summed E-state index contributed by atoms with van der Waals surface area (Å²) in [5, 5.41) is 3.14. The van der Waals surface area contributed by atoms with Gasteiger partial charge >= 0.3 is 6.18 Å². The van der Waals surface area contributed by atoms with Crippen molar-refractivity contribution in [1.29, 1.82) is 0 Å². The lowest BCUT2D eigenvalue weighted by molar-refractivity contribution is -0.134. The van der Waals surface area contributed by atoms with Crippen molar-refractivity contribution < 1.29 is 13.2 Å². The van der Waals surface area contributed by atoms with Crippen LogP contribution in [-0.4, -0.2) is 13.1 Å². The van der Waals surface area contributed by atoms with Crippen LogP contribution in [0.25, 0.3) is 0 Å². The van der Waals surface area contributed by atoms with Crippen LogP contribution in [0.15, 0.2) is 0 Å². The monoisotopic (exact) mass is 285 g/mol. The minimum absolute atomic E-state index is 0. The van der Waals surface area contributed by atoms with E-state index in [0.29, 0.717) is 11.6 Å². The summed E-state index contributed by atoms with van der Waals surface area (Å²) in [6.07, 6.45) is -1.77. The van der Waals surface area contributed by atoms with Crippen LogP contribution in [-0.2, 0) is 19.0 Å². The number of hydrogen-bond acceptors (Lipinski definition) is 2. The SMILES string of the molecule is CNC1CCc2c(sc(C(F)(F)F)c2C)C1.Cl. The highest BCUT2D eigenvalue weighted by Gasteiger charge is 2.37. The second-order valence-electron chi connectivity index (χ2n) is 4.18. The Labute approximate surface area is 109 Å². The first-order chi connectivity index (χ1) is 7.43. The summed E-state index contributed by atoms with van der Waals surface area (Å²) >= 11 is 0.923. The minimum atomic E-state index is -4.19. The van der Waals surface area contributed by atoms with Gasteiger partial charge in [-0.2, -0.15) is 13.2 Å². The van der Waals surface area contributed by atoms with Gasteiger partial charge in [0.2, 0.25) is 0 Å². The molecule has 0 aliphatic heterocycles. The van der Waals surface area contributed by atoms with Crippen molar-refractivity contribution in [2.75, 3.05) is 7.05 Å². The van der Waals surface area contributed by atoms with Crippen molar-refractivity contribution in [2.45, 2.75) is 38.4 Å². The molecule has 0 fully saturated rings. The van der Waals surface area contributed by atoms with Crippen LogP contribution in [0.1, 0.15) is 27.3 Å². The topological polar surface area (TPSA) is 12.0 Å². The van der Waals surface area contributed by atoms with E-state index < -0.39 is 11.1 Å². The largest absolute Gasteiger partial charge is 0.425 e. The van der Waals surface area contributed by atoms with E-state index in [2.05, 4.69) is 5.32 Å². The molecule has 1 aliphatic rings. The summed E-state index contributed by atoms with van der Waals surface area (Å²) in [6.45, 7) is 1.60. The third-order valence-electron chi connectivity index (χ3n) is 3.20. The molecule has 1 atom stereocenters. The van der Waals surface area contributed by atoms with E-state index in [4.69, 9.17) is 0 Å². The van der Waals surface area contributed by atoms with E-state index in [-0.39, 0.29) is 12.4 Å². The molecule has 1 unspecified atom stereocenters. The Balaban J connectivity index is 0.00000144. The number of fused-ring (bicyclic) bond motifs is 1. The van der Waals surface area contributed by atoms with E-state index in [0.717, 1.165) is 41.0 Å². The Kier molecular flexibility index (Phi) is 4.49. The van der Waals surface area contributed by atoms with Gasteiger partial charge in [-0.15, -0.1) is 23.7 Å². The summed E-state index contributed by atoms with van der Waals surface area (Å²) in [4.78, 5) is 0.504. The lowest BCUT2D eigenvalue weighted by Crippen LogP contribution is -2.30. The van der Waals surface area contributed by atoms with E-state index in [1.165, 1.54) is 0 Å². The minimum Gasteiger partial charge on any atom is -0.317 e. The van der Waals surface area contributed by atoms with Gasteiger partial charge in [-0.1, -0.05) is 0 Å². The molecule has 0 aromatic carbocycles. The number of hydrogen-bond donors (Lipinski definition) is 1. The summed E-state index contributed by atoms with van der Waals surface area (Å²) < 4.78 is 38.1. The first kappa shape index (κ1) is 14.8. The molecule has 6 heteroatoms. The van der Waals surface area contributed by atoms with Crippen molar-refractivity contribution in [3.05, 3.63) is 20.9 Å². The van der Waals surface area contributed by atoms with Gasteiger partial charge < -0.3 is 5.32 Å². The quantitative estimate of drug-likeness (QED) is 0.832. The van der Waals surface area contributed by atoms with Crippen molar-refractivity contribution in [2.24, 2.45) is 0 Å². The molecule has 0 radical (unpaired) electrons. The van der Waals surface area contributed by atoms with Crippen LogP contribution in [0.4, 0.5) is 13.2 Å². The average molecular weight is 286 g/mol. The third kappa shape index (κ3) is 2.77. The Hall–Kier alpha value is -0.260. The molecule has 0 saturated heterocycles. The zero-order valence-corrected chi connectivity index (χ0v) is 11.3. The molecule has 1 aromatic heterocycles. The maximum absolute atomic E-state index is 12.7. The Morgan fingerprint density at radius 1 is 1.35 bits per heavy atom. The number of likely N-dealkylation sites (N-methyl/N-ethyl adjacent to an activating group) is 1. The molecule has 2 rings (SSSR count). The summed E-state index contributed by atoms with van der Waals surface area (Å²) in [5.74, 6) is 0. The molecule has 0 amide bonds. The molecule has 98 valence electrons. The van der Waals surface area contributed by atoms with Crippen molar-refractivity contribution in [3.63, 3.8) is 0 Å². The normalized spacial score (nSPS) is 19.7. The van der Waals surface area contributed by atoms with Gasteiger partial charge in [-0.3, -0.25) is 0 Å². The van der Waals surface area contributed by atoms with E-state index in [1.807, 2.05) is 7.05 Å². The molecule has 1 aliphatic carbocycles. The standard InChI is InChI=1S/C11H14F3NS.ClH/c1-6-8-4-3-7(15-2)5-9(8)16-10(6)11(12,13)14;/h7,15H,3-5H2,1-2H3;1H. The van der Waals surface area contributed by atoms with Crippen LogP contribution in [0.5, 0.6) is 0 Å². The molecule has 1 N–H and O–H groups in total. The summed E-state index contributed by atoms with van der Waals surface area (Å²) in [6, 6.07) is 0.326. The highest BCUT2D eigenvalue weighted by Crippen LogP contribution is 2.42. The van der Waals surface area contributed by atoms with Gasteiger partial charge in [0.05, 0.1) is 0 Å². The fraction of sp³-hybridized carbons (Fsp3) is 0.636. The molecule has 1 aromatic rings. The highest BCUT2D eigenvalue weighted by atomic mass is 35.5. The molecule has 0 spiro atoms. The molecule has 1 heterocycles. The molecule has 17 heavy (non-hydrogen) atoms. The van der Waals surface area contributed by atoms with Gasteiger partial charge in [0.15, 0.2) is 0 Å². The number of nitrogens with one attached hydrogen (secondary N) is 1. The third-order valence-corrected chi connectivity index (χ3v) is 4.60. The maximum Gasteiger partial charge on any atom is 0.425 e. The summed E-state index contributed by atoms with van der Waals surface area (Å²) in [7, 11) is 1.86. The van der Waals surface area contributed by atoms with E-state index in [1.54, 1.807) is 6.92 Å². The van der Waals surface area contributed by atoms with Gasteiger partial charge in [0.1, 0.15) is 4.88 Å². The first-order valence-corrected chi connectivity index (χ1v) is 6.10. The maximum atomic E-state index is 12.7. The fourth-order valence-corrected chi connectivity index (χ4v) is 3.56. The molecular weight excluding hydrogens is 271 g/mol. The Morgan fingerprint density at radius 3 is 2.53 bits per heavy atom. The molecule has 0 bridgehead atoms. The van der Waals surface area contributed by atoms with Crippen LogP contribution in [0, 0.1) is 6.92 Å². The van der Waals surface area contributed by atoms with Crippen LogP contribution >= 0.6 is 23.7 Å². The molecular formula is C11H15ClF3NS. The second kappa shape index (κ2) is 5.16. The lowest BCUT2D eigenvalue weighted by atomic mass is 9.92. The van der Waals surface area contributed by atoms with E-state index in [9.17, 15) is 13.2 Å². The summed E-state index contributed by atoms with van der Waals surface area (Å²) in [5.41, 5.74) is 1.38. The van der Waals surface area contributed by atoms with Crippen molar-refractivity contribution >= 4 is 23.7 Å². The first-order valence-electron chi connectivity index (χ1n) is 5.29. The number of thiophene rings is 1. The van der Waals surface area contributed by atoms with Crippen molar-refractivity contribution in [3.8, 4) is 0 Å². The lowest BCUT2D eigenvalue weighted by Gasteiger charge is -2.21. The van der Waals surface area contributed by atoms with E-state index >= 15 is 0 Å².